The van der Waals surface area contributed by atoms with E-state index in [4.69, 9.17) is 4.74 Å². The average molecular weight is 517 g/mol. The van der Waals surface area contributed by atoms with Crippen LogP contribution in [0.3, 0.4) is 0 Å². The first kappa shape index (κ1) is 27.9. The fourth-order valence-corrected chi connectivity index (χ4v) is 4.79. The molecule has 0 unspecified atom stereocenters. The molecule has 2 aromatic rings. The number of likely N-dealkylation sites (tertiary alicyclic amines) is 1. The van der Waals surface area contributed by atoms with Gasteiger partial charge < -0.3 is 14.6 Å². The number of carboxylic acid groups (broad SMARTS) is 1. The minimum Gasteiger partial charge on any atom is -0.550 e. The van der Waals surface area contributed by atoms with Crippen molar-refractivity contribution in [3.63, 3.8) is 0 Å². The maximum Gasteiger partial charge on any atom is 0.433 e. The molecule has 11 heteroatoms. The summed E-state index contributed by atoms with van der Waals surface area (Å²) in [5.74, 6) is -1.45. The Bertz CT molecular complexity index is 993. The van der Waals surface area contributed by atoms with Gasteiger partial charge in [0.25, 0.3) is 0 Å². The first-order valence-corrected chi connectivity index (χ1v) is 11.5. The van der Waals surface area contributed by atoms with Gasteiger partial charge in [0.05, 0.1) is 5.56 Å². The maximum absolute atomic E-state index is 13.1. The zero-order valence-corrected chi connectivity index (χ0v) is 19.6. The van der Waals surface area contributed by atoms with Gasteiger partial charge in [0.2, 0.25) is 0 Å². The van der Waals surface area contributed by atoms with Crippen molar-refractivity contribution in [3.8, 4) is 0 Å². The Morgan fingerprint density at radius 2 is 1.81 bits per heavy atom. The van der Waals surface area contributed by atoms with Crippen molar-refractivity contribution < 1.29 is 41.0 Å². The number of rotatable bonds is 9. The second-order valence-corrected chi connectivity index (χ2v) is 8.97. The molecule has 3 atom stereocenters. The molecule has 3 rings (SSSR count). The van der Waals surface area contributed by atoms with E-state index in [-0.39, 0.29) is 12.3 Å². The highest BCUT2D eigenvalue weighted by Gasteiger charge is 2.37. The Hall–Kier alpha value is -2.66. The van der Waals surface area contributed by atoms with E-state index < -0.39 is 41.7 Å². The van der Waals surface area contributed by atoms with Gasteiger partial charge in [-0.15, -0.1) is 0 Å². The lowest BCUT2D eigenvalue weighted by molar-refractivity contribution is -0.307. The zero-order valence-electron chi connectivity index (χ0n) is 19.6. The number of hydrogen-bond acceptors (Lipinski definition) is 5. The van der Waals surface area contributed by atoms with E-state index >= 15 is 0 Å². The number of ether oxygens (including phenoxy) is 1. The third-order valence-electron chi connectivity index (χ3n) is 6.52. The Balaban J connectivity index is 1.97. The Morgan fingerprint density at radius 1 is 1.11 bits per heavy atom. The second kappa shape index (κ2) is 11.6. The number of nitrogens with zero attached hydrogens (tertiary/aromatic N) is 2. The summed E-state index contributed by atoms with van der Waals surface area (Å²) in [6.07, 6.45) is -6.15. The smallest absolute Gasteiger partial charge is 0.433 e. The largest absolute Gasteiger partial charge is 0.550 e. The van der Waals surface area contributed by atoms with Gasteiger partial charge in [-0.3, -0.25) is 9.88 Å². The average Bonchev–Trinajstić information content (AvgIpc) is 2.81. The van der Waals surface area contributed by atoms with Crippen molar-refractivity contribution in [2.45, 2.75) is 56.5 Å². The van der Waals surface area contributed by atoms with Crippen LogP contribution in [0.1, 0.15) is 66.6 Å². The summed E-state index contributed by atoms with van der Waals surface area (Å²) in [5.41, 5.74) is -0.714. The molecule has 0 spiro atoms. The van der Waals surface area contributed by atoms with E-state index in [2.05, 4.69) is 4.98 Å². The van der Waals surface area contributed by atoms with Crippen molar-refractivity contribution in [2.24, 2.45) is 5.92 Å². The molecule has 0 radical (unpaired) electrons. The Labute approximate surface area is 205 Å². The third kappa shape index (κ3) is 7.19. The molecule has 1 fully saturated rings. The van der Waals surface area contributed by atoms with Crippen LogP contribution in [0.5, 0.6) is 0 Å². The molecule has 0 amide bonds. The van der Waals surface area contributed by atoms with E-state index in [9.17, 15) is 36.2 Å². The van der Waals surface area contributed by atoms with Crippen molar-refractivity contribution in [1.29, 1.82) is 0 Å². The number of alkyl halides is 6. The van der Waals surface area contributed by atoms with Crippen LogP contribution in [0.15, 0.2) is 42.6 Å². The molecule has 0 bridgehead atoms. The van der Waals surface area contributed by atoms with Crippen LogP contribution in [0.4, 0.5) is 26.3 Å². The number of pyridine rings is 1. The number of methoxy groups -OCH3 is 1. The quantitative estimate of drug-likeness (QED) is 0.339. The van der Waals surface area contributed by atoms with Gasteiger partial charge >= 0.3 is 12.4 Å². The summed E-state index contributed by atoms with van der Waals surface area (Å²) in [4.78, 5) is 16.8. The van der Waals surface area contributed by atoms with Gasteiger partial charge in [-0.1, -0.05) is 18.2 Å². The third-order valence-corrected chi connectivity index (χ3v) is 6.52. The Morgan fingerprint density at radius 3 is 2.33 bits per heavy atom. The summed E-state index contributed by atoms with van der Waals surface area (Å²) in [5, 5.41) is 11.2. The SMILES string of the molecule is COCCC[C@H](c1ccc(C(F)(F)F)nc1)N1CC[C@@H](CC(=O)[O-])C[C@H]1c1ccc(C(F)(F)F)cc1. The maximum atomic E-state index is 13.1. The molecule has 0 saturated carbocycles. The normalized spacial score (nSPS) is 20.3. The predicted octanol–water partition coefficient (Wildman–Crippen LogP) is 5.18. The van der Waals surface area contributed by atoms with E-state index in [0.717, 1.165) is 18.2 Å². The topological polar surface area (TPSA) is 65.5 Å². The van der Waals surface area contributed by atoms with Crippen LogP contribution in [0.25, 0.3) is 0 Å². The number of carbonyl (C=O) groups is 1. The summed E-state index contributed by atoms with van der Waals surface area (Å²) in [6, 6.07) is 6.15. The number of benzene rings is 1. The number of carbonyl (C=O) groups excluding carboxylic acids is 1. The first-order valence-electron chi connectivity index (χ1n) is 11.5. The molecule has 1 aromatic heterocycles. The summed E-state index contributed by atoms with van der Waals surface area (Å²) >= 11 is 0. The zero-order chi connectivity index (χ0) is 26.5. The van der Waals surface area contributed by atoms with Crippen LogP contribution in [-0.4, -0.2) is 36.1 Å². The molecule has 1 saturated heterocycles. The van der Waals surface area contributed by atoms with E-state index in [1.165, 1.54) is 31.5 Å². The highest BCUT2D eigenvalue weighted by Crippen LogP contribution is 2.43. The van der Waals surface area contributed by atoms with Crippen LogP contribution < -0.4 is 5.11 Å². The van der Waals surface area contributed by atoms with Gasteiger partial charge in [-0.2, -0.15) is 26.3 Å². The molecule has 0 N–H and O–H groups in total. The van der Waals surface area contributed by atoms with Crippen molar-refractivity contribution >= 4 is 5.97 Å². The second-order valence-electron chi connectivity index (χ2n) is 8.97. The number of aliphatic carboxylic acids is 1. The lowest BCUT2D eigenvalue weighted by Crippen LogP contribution is -2.41. The number of halogens is 6. The number of piperidine rings is 1. The van der Waals surface area contributed by atoms with Crippen molar-refractivity contribution in [1.82, 2.24) is 9.88 Å². The molecular weight excluding hydrogens is 490 g/mol. The fourth-order valence-electron chi connectivity index (χ4n) is 4.79. The molecule has 1 aliphatic rings. The van der Waals surface area contributed by atoms with Gasteiger partial charge in [0.15, 0.2) is 0 Å². The van der Waals surface area contributed by atoms with Crippen LogP contribution in [0, 0.1) is 5.92 Å². The lowest BCUT2D eigenvalue weighted by atomic mass is 9.83. The van der Waals surface area contributed by atoms with Gasteiger partial charge in [-0.05, 0) is 73.9 Å². The minimum absolute atomic E-state index is 0.179. The van der Waals surface area contributed by atoms with Crippen LogP contribution in [0.2, 0.25) is 0 Å². The molecule has 0 aliphatic carbocycles. The van der Waals surface area contributed by atoms with E-state index in [1.807, 2.05) is 4.90 Å². The molecule has 1 aliphatic heterocycles. The van der Waals surface area contributed by atoms with Crippen LogP contribution >= 0.6 is 0 Å². The highest BCUT2D eigenvalue weighted by molar-refractivity contribution is 5.64. The lowest BCUT2D eigenvalue weighted by Gasteiger charge is -2.44. The predicted molar refractivity (Wildman–Crippen MR) is 116 cm³/mol. The first-order chi connectivity index (χ1) is 16.9. The van der Waals surface area contributed by atoms with Gasteiger partial charge in [0, 0.05) is 38.0 Å². The standard InChI is InChI=1S/C25H28F6N2O3/c1-36-12-2-3-20(18-6-9-22(32-15-18)25(29,30)31)33-11-10-16(14-23(34)35)13-21(33)17-4-7-19(8-5-17)24(26,27)28/h4-9,15-16,20-21H,2-3,10-14H2,1H3,(H,34,35)/p-1/t16-,20-,21+/m1/s1. The Kier molecular flexibility index (Phi) is 8.99. The number of hydrogen-bond donors (Lipinski definition) is 0. The molecule has 1 aromatic carbocycles. The molecule has 5 nitrogen and oxygen atoms in total. The number of aromatic nitrogens is 1. The van der Waals surface area contributed by atoms with E-state index in [0.29, 0.717) is 50.0 Å². The van der Waals surface area contributed by atoms with Gasteiger partial charge in [-0.25, -0.2) is 0 Å². The summed E-state index contributed by atoms with van der Waals surface area (Å²) in [6.45, 7) is 0.818. The molecular formula is C25H27F6N2O3-. The summed E-state index contributed by atoms with van der Waals surface area (Å²) in [7, 11) is 1.53. The highest BCUT2D eigenvalue weighted by atomic mass is 19.4. The molecule has 2 heterocycles. The van der Waals surface area contributed by atoms with Gasteiger partial charge in [0.1, 0.15) is 5.69 Å². The van der Waals surface area contributed by atoms with E-state index in [1.54, 1.807) is 0 Å². The van der Waals surface area contributed by atoms with Crippen LogP contribution in [-0.2, 0) is 21.9 Å². The molecule has 36 heavy (non-hydrogen) atoms. The molecule has 198 valence electrons. The van der Waals surface area contributed by atoms with Crippen molar-refractivity contribution in [3.05, 3.63) is 65.0 Å². The monoisotopic (exact) mass is 517 g/mol. The summed E-state index contributed by atoms with van der Waals surface area (Å²) < 4.78 is 83.6. The van der Waals surface area contributed by atoms with Crippen molar-refractivity contribution in [2.75, 3.05) is 20.3 Å². The fraction of sp³-hybridized carbons (Fsp3) is 0.520. The number of carboxylic acids is 1. The minimum atomic E-state index is -4.59.